The molecule has 7 heteroatoms. The number of fused-ring (bicyclic) bond motifs is 1. The molecule has 0 unspecified atom stereocenters. The van der Waals surface area contributed by atoms with E-state index in [9.17, 15) is 0 Å². The Bertz CT molecular complexity index is 637. The number of pyridine rings is 1. The van der Waals surface area contributed by atoms with Crippen molar-refractivity contribution in [2.45, 2.75) is 38.9 Å². The third kappa shape index (κ3) is 1.89. The molecule has 3 rings (SSSR count). The largest absolute Gasteiger partial charge is 0.496 e. The van der Waals surface area contributed by atoms with E-state index < -0.39 is 7.12 Å². The predicted molar refractivity (Wildman–Crippen MR) is 75.3 cm³/mol. The summed E-state index contributed by atoms with van der Waals surface area (Å²) in [6.45, 7) is 8.10. The lowest BCUT2D eigenvalue weighted by atomic mass is 9.80. The zero-order chi connectivity index (χ0) is 14.5. The summed E-state index contributed by atoms with van der Waals surface area (Å²) in [5.41, 5.74) is 0.788. The molecule has 0 bridgehead atoms. The predicted octanol–water partition coefficient (Wildman–Crippen LogP) is 1.04. The Labute approximate surface area is 118 Å². The van der Waals surface area contributed by atoms with Crippen LogP contribution in [0.15, 0.2) is 18.6 Å². The molecule has 1 aliphatic heterocycles. The molecule has 0 aromatic carbocycles. The van der Waals surface area contributed by atoms with Gasteiger partial charge in [0.15, 0.2) is 11.4 Å². The summed E-state index contributed by atoms with van der Waals surface area (Å²) < 4.78 is 19.1. The lowest BCUT2D eigenvalue weighted by Gasteiger charge is -2.32. The number of ether oxygens (including phenoxy) is 1. The van der Waals surface area contributed by atoms with Crippen LogP contribution in [0.25, 0.3) is 5.65 Å². The van der Waals surface area contributed by atoms with Gasteiger partial charge in [-0.1, -0.05) is 0 Å². The number of hydrogen-bond acceptors (Lipinski definition) is 5. The van der Waals surface area contributed by atoms with Gasteiger partial charge < -0.3 is 14.0 Å². The van der Waals surface area contributed by atoms with E-state index in [4.69, 9.17) is 14.0 Å². The van der Waals surface area contributed by atoms with E-state index >= 15 is 0 Å². The van der Waals surface area contributed by atoms with E-state index in [1.165, 1.54) is 6.33 Å². The molecule has 0 amide bonds. The van der Waals surface area contributed by atoms with Crippen molar-refractivity contribution in [3.8, 4) is 5.75 Å². The van der Waals surface area contributed by atoms with E-state index in [0.29, 0.717) is 11.4 Å². The Kier molecular flexibility index (Phi) is 2.81. The minimum atomic E-state index is -0.442. The summed E-state index contributed by atoms with van der Waals surface area (Å²) in [6.07, 6.45) is 3.35. The van der Waals surface area contributed by atoms with Gasteiger partial charge in [-0.2, -0.15) is 5.10 Å². The number of aromatic nitrogens is 3. The Balaban J connectivity index is 2.03. The lowest BCUT2D eigenvalue weighted by Crippen LogP contribution is -2.41. The summed E-state index contributed by atoms with van der Waals surface area (Å²) in [4.78, 5) is 4.16. The Hall–Kier alpha value is -1.60. The number of nitrogens with zero attached hydrogens (tertiary/aromatic N) is 3. The van der Waals surface area contributed by atoms with Gasteiger partial charge in [-0.05, 0) is 33.8 Å². The zero-order valence-corrected chi connectivity index (χ0v) is 12.4. The molecule has 20 heavy (non-hydrogen) atoms. The van der Waals surface area contributed by atoms with E-state index in [1.807, 2.05) is 40.0 Å². The summed E-state index contributed by atoms with van der Waals surface area (Å²) >= 11 is 0. The lowest BCUT2D eigenvalue weighted by molar-refractivity contribution is 0.00578. The van der Waals surface area contributed by atoms with Gasteiger partial charge in [0.05, 0.1) is 18.3 Å². The molecule has 0 atom stereocenters. The van der Waals surface area contributed by atoms with E-state index in [2.05, 4.69) is 10.1 Å². The van der Waals surface area contributed by atoms with Crippen LogP contribution in [0, 0.1) is 0 Å². The quantitative estimate of drug-likeness (QED) is 0.766. The first-order valence-corrected chi connectivity index (χ1v) is 6.57. The fourth-order valence-electron chi connectivity index (χ4n) is 2.17. The number of hydrogen-bond donors (Lipinski definition) is 0. The van der Waals surface area contributed by atoms with E-state index in [-0.39, 0.29) is 11.2 Å². The Morgan fingerprint density at radius 2 is 1.85 bits per heavy atom. The SMILES string of the molecule is COc1cc(B2OC(C)(C)C(C)(C)O2)cn2ncnc12. The first-order valence-electron chi connectivity index (χ1n) is 6.57. The topological polar surface area (TPSA) is 57.9 Å². The minimum Gasteiger partial charge on any atom is -0.493 e. The monoisotopic (exact) mass is 275 g/mol. The first kappa shape index (κ1) is 13.4. The smallest absolute Gasteiger partial charge is 0.493 e. The summed E-state index contributed by atoms with van der Waals surface area (Å²) in [7, 11) is 1.17. The van der Waals surface area contributed by atoms with Gasteiger partial charge in [0, 0.05) is 11.7 Å². The molecule has 0 aliphatic carbocycles. The standard InChI is InChI=1S/C13H18BN3O3/c1-12(2)13(3,4)20-14(19-12)9-6-10(18-5)11-15-8-16-17(11)7-9/h6-8H,1-5H3. The van der Waals surface area contributed by atoms with Crippen molar-refractivity contribution in [2.75, 3.05) is 7.11 Å². The molecule has 1 saturated heterocycles. The second kappa shape index (κ2) is 4.20. The van der Waals surface area contributed by atoms with Crippen LogP contribution in [0.4, 0.5) is 0 Å². The second-order valence-corrected chi connectivity index (χ2v) is 5.96. The fourth-order valence-corrected chi connectivity index (χ4v) is 2.17. The molecule has 6 nitrogen and oxygen atoms in total. The van der Waals surface area contributed by atoms with Crippen LogP contribution < -0.4 is 10.2 Å². The molecule has 1 aliphatic rings. The van der Waals surface area contributed by atoms with Gasteiger partial charge in [-0.15, -0.1) is 0 Å². The zero-order valence-electron chi connectivity index (χ0n) is 12.4. The third-order valence-corrected chi connectivity index (χ3v) is 4.11. The maximum atomic E-state index is 6.04. The average molecular weight is 275 g/mol. The molecule has 0 radical (unpaired) electrons. The highest BCUT2D eigenvalue weighted by atomic mass is 16.7. The molecule has 0 N–H and O–H groups in total. The highest BCUT2D eigenvalue weighted by Gasteiger charge is 2.52. The van der Waals surface area contributed by atoms with Crippen molar-refractivity contribution in [3.05, 3.63) is 18.6 Å². The van der Waals surface area contributed by atoms with Crippen molar-refractivity contribution in [3.63, 3.8) is 0 Å². The van der Waals surface area contributed by atoms with Gasteiger partial charge in [0.1, 0.15) is 6.33 Å². The fraction of sp³-hybridized carbons (Fsp3) is 0.538. The second-order valence-electron chi connectivity index (χ2n) is 5.96. The molecule has 1 fully saturated rings. The average Bonchev–Trinajstić information content (AvgIpc) is 2.91. The van der Waals surface area contributed by atoms with Crippen molar-refractivity contribution >= 4 is 18.2 Å². The normalized spacial score (nSPS) is 20.6. The molecule has 2 aromatic heterocycles. The van der Waals surface area contributed by atoms with Crippen molar-refractivity contribution < 1.29 is 14.0 Å². The Morgan fingerprint density at radius 1 is 1.20 bits per heavy atom. The highest BCUT2D eigenvalue weighted by molar-refractivity contribution is 6.62. The van der Waals surface area contributed by atoms with Gasteiger partial charge in [0.2, 0.25) is 0 Å². The van der Waals surface area contributed by atoms with Crippen LogP contribution in [-0.2, 0) is 9.31 Å². The molecular formula is C13H18BN3O3. The molecule has 106 valence electrons. The van der Waals surface area contributed by atoms with Gasteiger partial charge in [-0.3, -0.25) is 0 Å². The third-order valence-electron chi connectivity index (χ3n) is 4.11. The molecule has 0 saturated carbocycles. The van der Waals surface area contributed by atoms with Crippen molar-refractivity contribution in [1.82, 2.24) is 14.6 Å². The summed E-state index contributed by atoms with van der Waals surface area (Å²) in [6, 6.07) is 1.88. The summed E-state index contributed by atoms with van der Waals surface area (Å²) in [5, 5.41) is 4.15. The summed E-state index contributed by atoms with van der Waals surface area (Å²) in [5.74, 6) is 0.648. The maximum Gasteiger partial charge on any atom is 0.496 e. The van der Waals surface area contributed by atoms with Crippen LogP contribution in [0.5, 0.6) is 5.75 Å². The number of rotatable bonds is 2. The molecule has 2 aromatic rings. The van der Waals surface area contributed by atoms with E-state index in [0.717, 1.165) is 5.46 Å². The van der Waals surface area contributed by atoms with Crippen molar-refractivity contribution in [1.29, 1.82) is 0 Å². The Morgan fingerprint density at radius 3 is 2.45 bits per heavy atom. The minimum absolute atomic E-state index is 0.373. The van der Waals surface area contributed by atoms with Crippen LogP contribution in [-0.4, -0.2) is 40.0 Å². The van der Waals surface area contributed by atoms with Crippen LogP contribution in [0.3, 0.4) is 0 Å². The molecular weight excluding hydrogens is 257 g/mol. The van der Waals surface area contributed by atoms with E-state index in [1.54, 1.807) is 11.6 Å². The molecule has 3 heterocycles. The van der Waals surface area contributed by atoms with Crippen LogP contribution >= 0.6 is 0 Å². The van der Waals surface area contributed by atoms with Crippen molar-refractivity contribution in [2.24, 2.45) is 0 Å². The highest BCUT2D eigenvalue weighted by Crippen LogP contribution is 2.36. The molecule has 0 spiro atoms. The first-order chi connectivity index (χ1) is 9.34. The van der Waals surface area contributed by atoms with Crippen LogP contribution in [0.1, 0.15) is 27.7 Å². The van der Waals surface area contributed by atoms with Gasteiger partial charge in [-0.25, -0.2) is 9.50 Å². The van der Waals surface area contributed by atoms with Gasteiger partial charge in [0.25, 0.3) is 0 Å². The van der Waals surface area contributed by atoms with Crippen LogP contribution in [0.2, 0.25) is 0 Å². The van der Waals surface area contributed by atoms with Gasteiger partial charge >= 0.3 is 7.12 Å². The number of methoxy groups -OCH3 is 1. The maximum absolute atomic E-state index is 6.04.